The monoisotopic (exact) mass is 254 g/mol. The number of aryl methyl sites for hydroxylation is 2. The minimum absolute atomic E-state index is 0.301. The van der Waals surface area contributed by atoms with Crippen molar-refractivity contribution < 1.29 is 8.94 Å². The van der Waals surface area contributed by atoms with Crippen LogP contribution in [0.15, 0.2) is 45.3 Å². The molecular weight excluding hydrogens is 240 g/mol. The maximum atomic E-state index is 5.90. The normalized spacial score (nSPS) is 10.8. The summed E-state index contributed by atoms with van der Waals surface area (Å²) < 4.78 is 10.7. The molecule has 0 aliphatic carbocycles. The van der Waals surface area contributed by atoms with Crippen molar-refractivity contribution in [3.8, 4) is 22.6 Å². The largest absolute Gasteiger partial charge is 0.460 e. The summed E-state index contributed by atoms with van der Waals surface area (Å²) in [5.41, 5.74) is 9.44. The molecule has 0 fully saturated rings. The molecule has 1 aromatic carbocycles. The van der Waals surface area contributed by atoms with Crippen molar-refractivity contribution >= 4 is 5.88 Å². The van der Waals surface area contributed by atoms with Gasteiger partial charge in [0.25, 0.3) is 0 Å². The Hall–Kier alpha value is -2.49. The number of rotatable bonds is 2. The molecular formula is C15H14N2O2. The molecule has 3 rings (SSSR count). The summed E-state index contributed by atoms with van der Waals surface area (Å²) in [7, 11) is 0. The van der Waals surface area contributed by atoms with Crippen LogP contribution >= 0.6 is 0 Å². The topological polar surface area (TPSA) is 65.2 Å². The predicted octanol–water partition coefficient (Wildman–Crippen LogP) is 3.80. The van der Waals surface area contributed by atoms with Gasteiger partial charge in [-0.2, -0.15) is 0 Å². The highest BCUT2D eigenvalue weighted by Gasteiger charge is 2.19. The first-order valence-corrected chi connectivity index (χ1v) is 6.04. The SMILES string of the molecule is Cc1cccc(-c2c(-c3ccc(C)o3)noc2N)c1. The van der Waals surface area contributed by atoms with Gasteiger partial charge in [0.05, 0.1) is 5.56 Å². The lowest BCUT2D eigenvalue weighted by molar-refractivity contribution is 0.435. The fourth-order valence-corrected chi connectivity index (χ4v) is 2.11. The Morgan fingerprint density at radius 1 is 1.11 bits per heavy atom. The molecule has 0 bridgehead atoms. The third kappa shape index (κ3) is 2.01. The van der Waals surface area contributed by atoms with Gasteiger partial charge in [0.2, 0.25) is 5.88 Å². The molecule has 0 saturated heterocycles. The lowest BCUT2D eigenvalue weighted by atomic mass is 10.0. The Morgan fingerprint density at radius 3 is 2.63 bits per heavy atom. The number of hydrogen-bond donors (Lipinski definition) is 1. The van der Waals surface area contributed by atoms with Crippen molar-refractivity contribution in [2.75, 3.05) is 5.73 Å². The number of hydrogen-bond acceptors (Lipinski definition) is 4. The van der Waals surface area contributed by atoms with E-state index in [-0.39, 0.29) is 0 Å². The van der Waals surface area contributed by atoms with E-state index < -0.39 is 0 Å². The Balaban J connectivity index is 2.19. The van der Waals surface area contributed by atoms with Crippen LogP contribution in [-0.4, -0.2) is 5.16 Å². The Kier molecular flexibility index (Phi) is 2.63. The number of anilines is 1. The number of aromatic nitrogens is 1. The highest BCUT2D eigenvalue weighted by Crippen LogP contribution is 2.36. The minimum Gasteiger partial charge on any atom is -0.460 e. The van der Waals surface area contributed by atoms with Crippen LogP contribution in [0.2, 0.25) is 0 Å². The second-order valence-corrected chi connectivity index (χ2v) is 4.55. The molecule has 0 aliphatic heterocycles. The molecule has 0 spiro atoms. The van der Waals surface area contributed by atoms with Crippen LogP contribution in [0.3, 0.4) is 0 Å². The van der Waals surface area contributed by atoms with Crippen LogP contribution < -0.4 is 5.73 Å². The van der Waals surface area contributed by atoms with Crippen molar-refractivity contribution in [3.63, 3.8) is 0 Å². The maximum Gasteiger partial charge on any atom is 0.230 e. The minimum atomic E-state index is 0.301. The third-order valence-electron chi connectivity index (χ3n) is 3.00. The van der Waals surface area contributed by atoms with Crippen molar-refractivity contribution in [3.05, 3.63) is 47.7 Å². The molecule has 2 aromatic heterocycles. The smallest absolute Gasteiger partial charge is 0.230 e. The number of nitrogens with two attached hydrogens (primary N) is 1. The number of benzene rings is 1. The number of furan rings is 1. The number of nitrogen functional groups attached to an aromatic ring is 1. The van der Waals surface area contributed by atoms with E-state index in [4.69, 9.17) is 14.7 Å². The van der Waals surface area contributed by atoms with Crippen LogP contribution in [-0.2, 0) is 0 Å². The Morgan fingerprint density at radius 2 is 1.95 bits per heavy atom. The van der Waals surface area contributed by atoms with Gasteiger partial charge in [-0.15, -0.1) is 0 Å². The highest BCUT2D eigenvalue weighted by molar-refractivity contribution is 5.85. The Labute approximate surface area is 110 Å². The zero-order valence-electron chi connectivity index (χ0n) is 10.8. The van der Waals surface area contributed by atoms with Crippen molar-refractivity contribution in [2.45, 2.75) is 13.8 Å². The van der Waals surface area contributed by atoms with Gasteiger partial charge in [0.15, 0.2) is 11.5 Å². The van der Waals surface area contributed by atoms with Gasteiger partial charge < -0.3 is 14.7 Å². The van der Waals surface area contributed by atoms with Gasteiger partial charge in [-0.05, 0) is 31.5 Å². The van der Waals surface area contributed by atoms with E-state index in [1.165, 1.54) is 0 Å². The van der Waals surface area contributed by atoms with Gasteiger partial charge >= 0.3 is 0 Å². The van der Waals surface area contributed by atoms with Gasteiger partial charge in [0.1, 0.15) is 5.76 Å². The van der Waals surface area contributed by atoms with Crippen molar-refractivity contribution in [2.24, 2.45) is 0 Å². The first-order chi connectivity index (χ1) is 9.15. The Bertz CT molecular complexity index is 725. The van der Waals surface area contributed by atoms with Gasteiger partial charge in [-0.25, -0.2) is 0 Å². The fourth-order valence-electron chi connectivity index (χ4n) is 2.11. The molecule has 2 N–H and O–H groups in total. The summed E-state index contributed by atoms with van der Waals surface area (Å²) in [5.74, 6) is 1.79. The summed E-state index contributed by atoms with van der Waals surface area (Å²) in [6.07, 6.45) is 0. The lowest BCUT2D eigenvalue weighted by Crippen LogP contribution is -1.87. The second-order valence-electron chi connectivity index (χ2n) is 4.55. The molecule has 3 aromatic rings. The molecule has 4 heteroatoms. The molecule has 0 saturated carbocycles. The van der Waals surface area contributed by atoms with Gasteiger partial charge in [0, 0.05) is 0 Å². The zero-order chi connectivity index (χ0) is 13.4. The van der Waals surface area contributed by atoms with Crippen LogP contribution in [0.4, 0.5) is 5.88 Å². The maximum absolute atomic E-state index is 5.90. The van der Waals surface area contributed by atoms with E-state index in [0.29, 0.717) is 17.3 Å². The summed E-state index contributed by atoms with van der Waals surface area (Å²) in [4.78, 5) is 0. The molecule has 0 radical (unpaired) electrons. The molecule has 19 heavy (non-hydrogen) atoms. The van der Waals surface area contributed by atoms with Crippen molar-refractivity contribution in [1.82, 2.24) is 5.16 Å². The van der Waals surface area contributed by atoms with Crippen LogP contribution in [0, 0.1) is 13.8 Å². The molecule has 0 amide bonds. The number of nitrogens with zero attached hydrogens (tertiary/aromatic N) is 1. The molecule has 4 nitrogen and oxygen atoms in total. The van der Waals surface area contributed by atoms with E-state index in [1.54, 1.807) is 0 Å². The van der Waals surface area contributed by atoms with Crippen LogP contribution in [0.5, 0.6) is 0 Å². The molecule has 2 heterocycles. The summed E-state index contributed by atoms with van der Waals surface area (Å²) in [5, 5.41) is 4.01. The van der Waals surface area contributed by atoms with E-state index in [9.17, 15) is 0 Å². The average molecular weight is 254 g/mol. The quantitative estimate of drug-likeness (QED) is 0.755. The van der Waals surface area contributed by atoms with Gasteiger partial charge in [-0.1, -0.05) is 35.0 Å². The van der Waals surface area contributed by atoms with Crippen LogP contribution in [0.1, 0.15) is 11.3 Å². The predicted molar refractivity (Wildman–Crippen MR) is 73.5 cm³/mol. The first-order valence-electron chi connectivity index (χ1n) is 6.04. The summed E-state index contributed by atoms with van der Waals surface area (Å²) in [6.45, 7) is 3.92. The lowest BCUT2D eigenvalue weighted by Gasteiger charge is -2.02. The highest BCUT2D eigenvalue weighted by atomic mass is 16.5. The average Bonchev–Trinajstić information content (AvgIpc) is 2.95. The summed E-state index contributed by atoms with van der Waals surface area (Å²) in [6, 6.07) is 11.8. The fraction of sp³-hybridized carbons (Fsp3) is 0.133. The van der Waals surface area contributed by atoms with E-state index in [2.05, 4.69) is 5.16 Å². The first kappa shape index (κ1) is 11.6. The second kappa shape index (κ2) is 4.31. The van der Waals surface area contributed by atoms with Crippen molar-refractivity contribution in [1.29, 1.82) is 0 Å². The standard InChI is InChI=1S/C15H14N2O2/c1-9-4-3-5-11(8-9)13-14(17-19-15(13)16)12-7-6-10(2)18-12/h3-8H,16H2,1-2H3. The van der Waals surface area contributed by atoms with E-state index >= 15 is 0 Å². The third-order valence-corrected chi connectivity index (χ3v) is 3.00. The molecule has 0 unspecified atom stereocenters. The molecule has 96 valence electrons. The molecule has 0 atom stereocenters. The van der Waals surface area contributed by atoms with Gasteiger partial charge in [-0.3, -0.25) is 0 Å². The summed E-state index contributed by atoms with van der Waals surface area (Å²) >= 11 is 0. The van der Waals surface area contributed by atoms with E-state index in [0.717, 1.165) is 22.5 Å². The zero-order valence-corrected chi connectivity index (χ0v) is 10.8. The van der Waals surface area contributed by atoms with Crippen LogP contribution in [0.25, 0.3) is 22.6 Å². The molecule has 0 aliphatic rings. The van der Waals surface area contributed by atoms with E-state index in [1.807, 2.05) is 50.2 Å².